The number of non-ortho nitro benzene ring substituents is 1. The minimum absolute atomic E-state index is 0.455. The van der Waals surface area contributed by atoms with Crippen molar-refractivity contribution in [2.75, 3.05) is 0 Å². The van der Waals surface area contributed by atoms with Crippen LogP contribution >= 0.6 is 0 Å². The second-order valence-corrected chi connectivity index (χ2v) is 1.86. The molecule has 0 aliphatic heterocycles. The van der Waals surface area contributed by atoms with E-state index >= 15 is 0 Å². The Morgan fingerprint density at radius 2 is 1.77 bits per heavy atom. The van der Waals surface area contributed by atoms with Crippen LogP contribution in [0.5, 0.6) is 0 Å². The zero-order valence-corrected chi connectivity index (χ0v) is 7.25. The summed E-state index contributed by atoms with van der Waals surface area (Å²) in [4.78, 5) is 9.19. The summed E-state index contributed by atoms with van der Waals surface area (Å²) in [5.41, 5.74) is -0.455. The van der Waals surface area contributed by atoms with Crippen molar-refractivity contribution >= 4 is 5.69 Å². The van der Waals surface area contributed by atoms with Gasteiger partial charge in [-0.25, -0.2) is 8.78 Å². The van der Waals surface area contributed by atoms with Crippen LogP contribution in [0.4, 0.5) is 14.5 Å². The molecule has 0 aromatic heterocycles. The normalized spacial score (nSPS) is 8.62. The summed E-state index contributed by atoms with van der Waals surface area (Å²) < 4.78 is 24.4. The summed E-state index contributed by atoms with van der Waals surface area (Å²) in [6.45, 7) is 4.00. The highest BCUT2D eigenvalue weighted by atomic mass is 19.2. The van der Waals surface area contributed by atoms with Crippen LogP contribution in [0.15, 0.2) is 18.2 Å². The maximum absolute atomic E-state index is 12.3. The number of rotatable bonds is 1. The van der Waals surface area contributed by atoms with Gasteiger partial charge in [-0.1, -0.05) is 13.8 Å². The number of nitro benzene ring substituents is 1. The van der Waals surface area contributed by atoms with Gasteiger partial charge in [0.2, 0.25) is 0 Å². The van der Waals surface area contributed by atoms with Crippen LogP contribution in [-0.2, 0) is 0 Å². The van der Waals surface area contributed by atoms with Gasteiger partial charge >= 0.3 is 0 Å². The predicted molar refractivity (Wildman–Crippen MR) is 44.4 cm³/mol. The van der Waals surface area contributed by atoms with Crippen LogP contribution < -0.4 is 0 Å². The van der Waals surface area contributed by atoms with E-state index in [0.29, 0.717) is 12.1 Å². The van der Waals surface area contributed by atoms with Gasteiger partial charge in [0, 0.05) is 6.07 Å². The highest BCUT2D eigenvalue weighted by Gasteiger charge is 2.09. The summed E-state index contributed by atoms with van der Waals surface area (Å²) in [6, 6.07) is 2.15. The topological polar surface area (TPSA) is 43.1 Å². The van der Waals surface area contributed by atoms with Crippen molar-refractivity contribution in [3.63, 3.8) is 0 Å². The number of nitrogens with zero attached hydrogens (tertiary/aromatic N) is 1. The lowest BCUT2D eigenvalue weighted by Gasteiger charge is -1.91. The van der Waals surface area contributed by atoms with Crippen molar-refractivity contribution in [3.8, 4) is 0 Å². The van der Waals surface area contributed by atoms with Crippen LogP contribution in [0.3, 0.4) is 0 Å². The van der Waals surface area contributed by atoms with E-state index in [1.807, 2.05) is 13.8 Å². The van der Waals surface area contributed by atoms with E-state index in [9.17, 15) is 18.9 Å². The van der Waals surface area contributed by atoms with Crippen molar-refractivity contribution in [1.82, 2.24) is 0 Å². The molecule has 0 amide bonds. The van der Waals surface area contributed by atoms with Crippen molar-refractivity contribution in [2.24, 2.45) is 0 Å². The second kappa shape index (κ2) is 5.18. The molecule has 0 N–H and O–H groups in total. The Labute approximate surface area is 74.2 Å². The Morgan fingerprint density at radius 1 is 1.23 bits per heavy atom. The third-order valence-electron chi connectivity index (χ3n) is 1.11. The number of hydrogen-bond donors (Lipinski definition) is 0. The molecule has 0 radical (unpaired) electrons. The number of hydrogen-bond acceptors (Lipinski definition) is 2. The van der Waals surface area contributed by atoms with Crippen molar-refractivity contribution in [1.29, 1.82) is 0 Å². The van der Waals surface area contributed by atoms with Gasteiger partial charge in [0.05, 0.1) is 11.0 Å². The molecule has 72 valence electrons. The van der Waals surface area contributed by atoms with E-state index in [4.69, 9.17) is 0 Å². The molecule has 0 spiro atoms. The molecule has 13 heavy (non-hydrogen) atoms. The minimum atomic E-state index is -1.21. The van der Waals surface area contributed by atoms with Crippen molar-refractivity contribution in [3.05, 3.63) is 39.9 Å². The van der Waals surface area contributed by atoms with E-state index in [-0.39, 0.29) is 0 Å². The summed E-state index contributed by atoms with van der Waals surface area (Å²) >= 11 is 0. The second-order valence-electron chi connectivity index (χ2n) is 1.86. The first-order valence-electron chi connectivity index (χ1n) is 3.70. The lowest BCUT2D eigenvalue weighted by molar-refractivity contribution is -0.385. The lowest BCUT2D eigenvalue weighted by Crippen LogP contribution is -1.90. The van der Waals surface area contributed by atoms with Crippen LogP contribution in [0, 0.1) is 21.7 Å². The van der Waals surface area contributed by atoms with Gasteiger partial charge in [-0.2, -0.15) is 0 Å². The summed E-state index contributed by atoms with van der Waals surface area (Å²) in [7, 11) is 0. The number of halogens is 2. The van der Waals surface area contributed by atoms with E-state index in [2.05, 4.69) is 0 Å². The molecule has 5 heteroatoms. The Kier molecular flexibility index (Phi) is 4.58. The molecule has 3 nitrogen and oxygen atoms in total. The molecule has 0 aliphatic carbocycles. The zero-order valence-electron chi connectivity index (χ0n) is 7.25. The van der Waals surface area contributed by atoms with Crippen LogP contribution in [0.2, 0.25) is 0 Å². The molecule has 0 unspecified atom stereocenters. The highest BCUT2D eigenvalue weighted by molar-refractivity contribution is 5.30. The number of nitro groups is 1. The first-order valence-corrected chi connectivity index (χ1v) is 3.70. The highest BCUT2D eigenvalue weighted by Crippen LogP contribution is 2.14. The van der Waals surface area contributed by atoms with E-state index in [1.54, 1.807) is 0 Å². The zero-order chi connectivity index (χ0) is 10.4. The van der Waals surface area contributed by atoms with Gasteiger partial charge < -0.3 is 0 Å². The fourth-order valence-corrected chi connectivity index (χ4v) is 0.599. The van der Waals surface area contributed by atoms with Gasteiger partial charge in [-0.15, -0.1) is 0 Å². The monoisotopic (exact) mass is 189 g/mol. The van der Waals surface area contributed by atoms with Crippen LogP contribution in [0.25, 0.3) is 0 Å². The number of benzene rings is 1. The van der Waals surface area contributed by atoms with Gasteiger partial charge in [0.15, 0.2) is 11.6 Å². The first-order chi connectivity index (χ1) is 6.11. The Morgan fingerprint density at radius 3 is 2.15 bits per heavy atom. The molecule has 1 aromatic carbocycles. The molecule has 0 heterocycles. The molecule has 0 aliphatic rings. The predicted octanol–water partition coefficient (Wildman–Crippen LogP) is 2.90. The first kappa shape index (κ1) is 11.5. The molecule has 0 atom stereocenters. The molecule has 0 bridgehead atoms. The Hall–Kier alpha value is -1.52. The molecule has 0 fully saturated rings. The standard InChI is InChI=1S/C6H3F2NO2.C2H6/c7-5-2-1-4(9(10)11)3-6(5)8;1-2/h1-3H;1-2H3. The van der Waals surface area contributed by atoms with Gasteiger partial charge in [0.1, 0.15) is 0 Å². The van der Waals surface area contributed by atoms with E-state index in [0.717, 1.165) is 6.07 Å². The van der Waals surface area contributed by atoms with Gasteiger partial charge in [-0.3, -0.25) is 10.1 Å². The maximum atomic E-state index is 12.3. The molecule has 1 rings (SSSR count). The smallest absolute Gasteiger partial charge is 0.258 e. The van der Waals surface area contributed by atoms with Crippen molar-refractivity contribution in [2.45, 2.75) is 13.8 Å². The fourth-order valence-electron chi connectivity index (χ4n) is 0.599. The van der Waals surface area contributed by atoms with Crippen LogP contribution in [0.1, 0.15) is 13.8 Å². The molecule has 1 aromatic rings. The molecular weight excluding hydrogens is 180 g/mol. The molecular formula is C8H9F2NO2. The summed E-state index contributed by atoms with van der Waals surface area (Å²) in [5.74, 6) is -2.30. The van der Waals surface area contributed by atoms with Crippen LogP contribution in [-0.4, -0.2) is 4.92 Å². The average molecular weight is 189 g/mol. The maximum Gasteiger partial charge on any atom is 0.272 e. The third kappa shape index (κ3) is 3.14. The molecule has 0 saturated heterocycles. The van der Waals surface area contributed by atoms with Gasteiger partial charge in [-0.05, 0) is 6.07 Å². The Balaban J connectivity index is 0.000000671. The third-order valence-corrected chi connectivity index (χ3v) is 1.11. The fraction of sp³-hybridized carbons (Fsp3) is 0.250. The van der Waals surface area contributed by atoms with Gasteiger partial charge in [0.25, 0.3) is 5.69 Å². The van der Waals surface area contributed by atoms with Crippen molar-refractivity contribution < 1.29 is 13.7 Å². The summed E-state index contributed by atoms with van der Waals surface area (Å²) in [5, 5.41) is 9.98. The average Bonchev–Trinajstić information content (AvgIpc) is 2.13. The minimum Gasteiger partial charge on any atom is -0.258 e. The van der Waals surface area contributed by atoms with E-state index in [1.165, 1.54) is 0 Å². The van der Waals surface area contributed by atoms with E-state index < -0.39 is 22.2 Å². The largest absolute Gasteiger partial charge is 0.272 e. The summed E-state index contributed by atoms with van der Waals surface area (Å²) in [6.07, 6.45) is 0. The quantitative estimate of drug-likeness (QED) is 0.503. The SMILES string of the molecule is CC.O=[N+]([O-])c1ccc(F)c(F)c1. The molecule has 0 saturated carbocycles. The Bertz CT molecular complexity index is 302. The lowest BCUT2D eigenvalue weighted by atomic mass is 10.3.